The van der Waals surface area contributed by atoms with Crippen LogP contribution in [0.2, 0.25) is 0 Å². The maximum absolute atomic E-state index is 12.3. The van der Waals surface area contributed by atoms with Gasteiger partial charge in [0.2, 0.25) is 0 Å². The molecular weight excluding hydrogens is 428 g/mol. The summed E-state index contributed by atoms with van der Waals surface area (Å²) in [5.41, 5.74) is 2.30. The molecule has 0 radical (unpaired) electrons. The van der Waals surface area contributed by atoms with Crippen molar-refractivity contribution in [1.29, 1.82) is 0 Å². The number of carbonyl (C=O) groups is 2. The lowest BCUT2D eigenvalue weighted by Crippen LogP contribution is -2.35. The number of hydrogen-bond donors (Lipinski definition) is 1. The van der Waals surface area contributed by atoms with Crippen molar-refractivity contribution < 1.29 is 23.8 Å². The lowest BCUT2D eigenvalue weighted by molar-refractivity contribution is -0.154. The lowest BCUT2D eigenvalue weighted by Gasteiger charge is -2.14. The number of thiazole rings is 1. The molecule has 0 bridgehead atoms. The number of esters is 1. The Kier molecular flexibility index (Phi) is 8.21. The predicted octanol–water partition coefficient (Wildman–Crippen LogP) is 4.01. The van der Waals surface area contributed by atoms with Crippen molar-refractivity contribution in [1.82, 2.24) is 10.3 Å². The van der Waals surface area contributed by atoms with Crippen LogP contribution in [0.1, 0.15) is 25.1 Å². The summed E-state index contributed by atoms with van der Waals surface area (Å²) in [6, 6.07) is 15.0. The van der Waals surface area contributed by atoms with Crippen LogP contribution in [0.25, 0.3) is 10.6 Å². The topological polar surface area (TPSA) is 86.8 Å². The molecular formula is C24H26N2O5S. The zero-order valence-electron chi connectivity index (χ0n) is 18.3. The van der Waals surface area contributed by atoms with Crippen molar-refractivity contribution >= 4 is 23.2 Å². The molecule has 1 atom stereocenters. The molecule has 1 aromatic heterocycles. The third kappa shape index (κ3) is 6.07. The maximum Gasteiger partial charge on any atom is 0.312 e. The van der Waals surface area contributed by atoms with Gasteiger partial charge in [0.1, 0.15) is 16.5 Å². The van der Waals surface area contributed by atoms with Crippen LogP contribution in [-0.4, -0.2) is 36.7 Å². The summed E-state index contributed by atoms with van der Waals surface area (Å²) in [6.45, 7) is 4.30. The Labute approximate surface area is 191 Å². The van der Waals surface area contributed by atoms with Crippen molar-refractivity contribution in [3.8, 4) is 22.1 Å². The van der Waals surface area contributed by atoms with Crippen LogP contribution in [0.5, 0.6) is 11.5 Å². The highest BCUT2D eigenvalue weighted by molar-refractivity contribution is 7.13. The van der Waals surface area contributed by atoms with Gasteiger partial charge < -0.3 is 19.5 Å². The normalized spacial score (nSPS) is 11.5. The highest BCUT2D eigenvalue weighted by Gasteiger charge is 2.19. The fraction of sp³-hybridized carbons (Fsp3) is 0.292. The van der Waals surface area contributed by atoms with Crippen molar-refractivity contribution in [2.45, 2.75) is 32.9 Å². The van der Waals surface area contributed by atoms with Gasteiger partial charge in [-0.3, -0.25) is 9.59 Å². The average molecular weight is 455 g/mol. The number of aromatic nitrogens is 1. The first kappa shape index (κ1) is 23.3. The first-order chi connectivity index (χ1) is 15.5. The molecule has 3 aromatic rings. The van der Waals surface area contributed by atoms with Crippen LogP contribution in [0.4, 0.5) is 0 Å². The molecule has 1 unspecified atom stereocenters. The van der Waals surface area contributed by atoms with Crippen LogP contribution in [0, 0.1) is 0 Å². The fourth-order valence-corrected chi connectivity index (χ4v) is 3.90. The number of nitrogens with zero attached hydrogens (tertiary/aromatic N) is 1. The molecule has 168 valence electrons. The molecule has 2 aromatic carbocycles. The number of nitrogens with one attached hydrogen (secondary N) is 1. The van der Waals surface area contributed by atoms with E-state index in [0.29, 0.717) is 18.1 Å². The van der Waals surface area contributed by atoms with Gasteiger partial charge in [-0.1, -0.05) is 30.3 Å². The van der Waals surface area contributed by atoms with Crippen molar-refractivity contribution in [3.63, 3.8) is 0 Å². The monoisotopic (exact) mass is 454 g/mol. The van der Waals surface area contributed by atoms with E-state index in [1.54, 1.807) is 14.0 Å². The van der Waals surface area contributed by atoms with E-state index >= 15 is 0 Å². The predicted molar refractivity (Wildman–Crippen MR) is 123 cm³/mol. The first-order valence-electron chi connectivity index (χ1n) is 10.3. The number of methoxy groups -OCH3 is 1. The van der Waals surface area contributed by atoms with E-state index in [1.807, 2.05) is 60.8 Å². The van der Waals surface area contributed by atoms with Crippen LogP contribution in [0.15, 0.2) is 53.9 Å². The van der Waals surface area contributed by atoms with Crippen LogP contribution in [-0.2, 0) is 27.3 Å². The molecule has 1 N–H and O–H groups in total. The van der Waals surface area contributed by atoms with E-state index in [2.05, 4.69) is 10.3 Å². The fourth-order valence-electron chi connectivity index (χ4n) is 3.05. The van der Waals surface area contributed by atoms with Gasteiger partial charge in [-0.05, 0) is 32.0 Å². The molecule has 8 heteroatoms. The SMILES string of the molecule is CCOc1ccccc1-c1nc(CC(=O)OC(C)C(=O)NCc2ccccc2OC)cs1. The Balaban J connectivity index is 1.54. The van der Waals surface area contributed by atoms with Crippen LogP contribution < -0.4 is 14.8 Å². The number of para-hydroxylation sites is 2. The second-order valence-corrected chi connectivity index (χ2v) is 7.77. The first-order valence-corrected chi connectivity index (χ1v) is 11.2. The Morgan fingerprint density at radius 2 is 1.81 bits per heavy atom. The third-order valence-corrected chi connectivity index (χ3v) is 5.54. The molecule has 7 nitrogen and oxygen atoms in total. The average Bonchev–Trinajstić information content (AvgIpc) is 3.26. The lowest BCUT2D eigenvalue weighted by atomic mass is 10.2. The minimum Gasteiger partial charge on any atom is -0.496 e. The summed E-state index contributed by atoms with van der Waals surface area (Å²) in [7, 11) is 1.57. The van der Waals surface area contributed by atoms with Crippen LogP contribution in [0.3, 0.4) is 0 Å². The Morgan fingerprint density at radius 1 is 1.09 bits per heavy atom. The van der Waals surface area contributed by atoms with Gasteiger partial charge in [0.15, 0.2) is 6.10 Å². The summed E-state index contributed by atoms with van der Waals surface area (Å²) in [5, 5.41) is 5.34. The number of benzene rings is 2. The third-order valence-electron chi connectivity index (χ3n) is 4.62. The molecule has 0 aliphatic carbocycles. The largest absolute Gasteiger partial charge is 0.496 e. The number of rotatable bonds is 10. The van der Waals surface area contributed by atoms with Gasteiger partial charge in [0.25, 0.3) is 5.91 Å². The quantitative estimate of drug-likeness (QED) is 0.466. The van der Waals surface area contributed by atoms with E-state index in [4.69, 9.17) is 14.2 Å². The Morgan fingerprint density at radius 3 is 2.56 bits per heavy atom. The van der Waals surface area contributed by atoms with Crippen LogP contribution >= 0.6 is 11.3 Å². The molecule has 1 heterocycles. The highest BCUT2D eigenvalue weighted by Crippen LogP contribution is 2.32. The molecule has 0 fully saturated rings. The molecule has 3 rings (SSSR count). The van der Waals surface area contributed by atoms with E-state index in [1.165, 1.54) is 11.3 Å². The molecule has 0 aliphatic heterocycles. The Hall–Kier alpha value is -3.39. The molecule has 0 spiro atoms. The van der Waals surface area contributed by atoms with E-state index in [-0.39, 0.29) is 18.9 Å². The minimum absolute atomic E-state index is 0.0164. The van der Waals surface area contributed by atoms with E-state index in [0.717, 1.165) is 21.9 Å². The molecule has 0 saturated carbocycles. The maximum atomic E-state index is 12.3. The smallest absolute Gasteiger partial charge is 0.312 e. The minimum atomic E-state index is -0.922. The summed E-state index contributed by atoms with van der Waals surface area (Å²) < 4.78 is 16.2. The van der Waals surface area contributed by atoms with Gasteiger partial charge >= 0.3 is 5.97 Å². The summed E-state index contributed by atoms with van der Waals surface area (Å²) in [6.07, 6.45) is -0.939. The van der Waals surface area contributed by atoms with Gasteiger partial charge in [-0.15, -0.1) is 11.3 Å². The molecule has 0 saturated heterocycles. The standard InChI is InChI=1S/C24H26N2O5S/c1-4-30-21-12-8-6-10-19(21)24-26-18(15-32-24)13-22(27)31-16(2)23(28)25-14-17-9-5-7-11-20(17)29-3/h5-12,15-16H,4,13-14H2,1-3H3,(H,25,28). The molecule has 32 heavy (non-hydrogen) atoms. The van der Waals surface area contributed by atoms with E-state index < -0.39 is 12.1 Å². The second-order valence-electron chi connectivity index (χ2n) is 6.91. The number of amides is 1. The van der Waals surface area contributed by atoms with Crippen molar-refractivity contribution in [3.05, 3.63) is 65.2 Å². The summed E-state index contributed by atoms with van der Waals surface area (Å²) >= 11 is 1.43. The Bertz CT molecular complexity index is 1070. The highest BCUT2D eigenvalue weighted by atomic mass is 32.1. The van der Waals surface area contributed by atoms with Gasteiger partial charge in [0, 0.05) is 17.5 Å². The van der Waals surface area contributed by atoms with Crippen molar-refractivity contribution in [2.24, 2.45) is 0 Å². The van der Waals surface area contributed by atoms with Gasteiger partial charge in [-0.2, -0.15) is 0 Å². The second kappa shape index (κ2) is 11.3. The number of ether oxygens (including phenoxy) is 3. The zero-order chi connectivity index (χ0) is 22.9. The molecule has 1 amide bonds. The van der Waals surface area contributed by atoms with Gasteiger partial charge in [-0.25, -0.2) is 4.98 Å². The summed E-state index contributed by atoms with van der Waals surface area (Å²) in [4.78, 5) is 29.2. The molecule has 0 aliphatic rings. The summed E-state index contributed by atoms with van der Waals surface area (Å²) in [5.74, 6) is 0.537. The zero-order valence-corrected chi connectivity index (χ0v) is 19.1. The van der Waals surface area contributed by atoms with Gasteiger partial charge in [0.05, 0.1) is 31.4 Å². The number of hydrogen-bond acceptors (Lipinski definition) is 7. The van der Waals surface area contributed by atoms with E-state index in [9.17, 15) is 9.59 Å². The van der Waals surface area contributed by atoms with Crippen molar-refractivity contribution in [2.75, 3.05) is 13.7 Å². The number of carbonyl (C=O) groups excluding carboxylic acids is 2.